The molecule has 4 heteroatoms. The molecule has 0 amide bonds. The lowest BCUT2D eigenvalue weighted by atomic mass is 10.0. The van der Waals surface area contributed by atoms with Gasteiger partial charge in [0.1, 0.15) is 11.9 Å². The highest BCUT2D eigenvalue weighted by molar-refractivity contribution is 9.10. The first-order chi connectivity index (χ1) is 10.1. The molecule has 0 aliphatic carbocycles. The van der Waals surface area contributed by atoms with Crippen LogP contribution >= 0.6 is 15.9 Å². The van der Waals surface area contributed by atoms with E-state index in [9.17, 15) is 0 Å². The second-order valence-corrected chi connectivity index (χ2v) is 5.98. The van der Waals surface area contributed by atoms with Gasteiger partial charge in [-0.25, -0.2) is 0 Å². The highest BCUT2D eigenvalue weighted by Gasteiger charge is 2.18. The second-order valence-electron chi connectivity index (χ2n) is 5.07. The Morgan fingerprint density at radius 3 is 2.24 bits per heavy atom. The summed E-state index contributed by atoms with van der Waals surface area (Å²) in [6.07, 6.45) is 0.464. The SMILES string of the molecule is CC(N)C(Oc1ccc(CCO)cc1)c1ccc(Br)cc1. The molecule has 0 aromatic heterocycles. The molecule has 3 N–H and O–H groups in total. The van der Waals surface area contributed by atoms with E-state index in [1.54, 1.807) is 0 Å². The van der Waals surface area contributed by atoms with Crippen LogP contribution < -0.4 is 10.5 Å². The third kappa shape index (κ3) is 4.56. The third-order valence-corrected chi connectivity index (χ3v) is 3.79. The van der Waals surface area contributed by atoms with E-state index >= 15 is 0 Å². The topological polar surface area (TPSA) is 55.5 Å². The van der Waals surface area contributed by atoms with Crippen LogP contribution in [0, 0.1) is 0 Å². The highest BCUT2D eigenvalue weighted by Crippen LogP contribution is 2.25. The number of nitrogens with two attached hydrogens (primary N) is 1. The molecule has 0 spiro atoms. The predicted molar refractivity (Wildman–Crippen MR) is 88.4 cm³/mol. The minimum Gasteiger partial charge on any atom is -0.484 e. The highest BCUT2D eigenvalue weighted by atomic mass is 79.9. The molecule has 2 unspecified atom stereocenters. The Bertz CT molecular complexity index is 552. The maximum atomic E-state index is 8.93. The van der Waals surface area contributed by atoms with E-state index < -0.39 is 0 Å². The Hall–Kier alpha value is -1.36. The van der Waals surface area contributed by atoms with Crippen LogP contribution in [0.15, 0.2) is 53.0 Å². The molecule has 0 heterocycles. The van der Waals surface area contributed by atoms with Gasteiger partial charge >= 0.3 is 0 Å². The van der Waals surface area contributed by atoms with Gasteiger partial charge in [0.05, 0.1) is 0 Å². The Morgan fingerprint density at radius 2 is 1.71 bits per heavy atom. The molecule has 112 valence electrons. The zero-order valence-electron chi connectivity index (χ0n) is 12.0. The first-order valence-corrected chi connectivity index (χ1v) is 7.77. The van der Waals surface area contributed by atoms with E-state index in [1.165, 1.54) is 0 Å². The zero-order chi connectivity index (χ0) is 15.2. The van der Waals surface area contributed by atoms with Crippen molar-refractivity contribution in [1.29, 1.82) is 0 Å². The van der Waals surface area contributed by atoms with Crippen LogP contribution in [0.25, 0.3) is 0 Å². The van der Waals surface area contributed by atoms with Gasteiger partial charge in [-0.05, 0) is 48.7 Å². The Kier molecular flexibility index (Phi) is 5.79. The van der Waals surface area contributed by atoms with Gasteiger partial charge in [-0.3, -0.25) is 0 Å². The van der Waals surface area contributed by atoms with E-state index in [2.05, 4.69) is 15.9 Å². The van der Waals surface area contributed by atoms with Crippen molar-refractivity contribution in [3.8, 4) is 5.75 Å². The fourth-order valence-electron chi connectivity index (χ4n) is 2.14. The summed E-state index contributed by atoms with van der Waals surface area (Å²) in [5.41, 5.74) is 8.20. The Labute approximate surface area is 133 Å². The number of ether oxygens (including phenoxy) is 1. The molecule has 3 nitrogen and oxygen atoms in total. The lowest BCUT2D eigenvalue weighted by molar-refractivity contribution is 0.180. The maximum Gasteiger partial charge on any atom is 0.138 e. The molecular weight excluding hydrogens is 330 g/mol. The molecule has 2 atom stereocenters. The Morgan fingerprint density at radius 1 is 1.10 bits per heavy atom. The molecule has 0 bridgehead atoms. The summed E-state index contributed by atoms with van der Waals surface area (Å²) in [7, 11) is 0. The number of benzene rings is 2. The minimum absolute atomic E-state index is 0.122. The molecule has 2 aromatic rings. The van der Waals surface area contributed by atoms with Crippen molar-refractivity contribution in [2.24, 2.45) is 5.73 Å². The molecule has 0 saturated carbocycles. The van der Waals surface area contributed by atoms with Crippen LogP contribution in [0.3, 0.4) is 0 Å². The average Bonchev–Trinajstić information content (AvgIpc) is 2.47. The molecule has 0 saturated heterocycles. The number of aliphatic hydroxyl groups excluding tert-OH is 1. The molecule has 2 rings (SSSR count). The third-order valence-electron chi connectivity index (χ3n) is 3.26. The van der Waals surface area contributed by atoms with E-state index in [1.807, 2.05) is 55.5 Å². The number of aliphatic hydroxyl groups is 1. The van der Waals surface area contributed by atoms with Crippen molar-refractivity contribution in [3.05, 3.63) is 64.1 Å². The summed E-state index contributed by atoms with van der Waals surface area (Å²) >= 11 is 3.43. The Balaban J connectivity index is 2.14. The predicted octanol–water partition coefficient (Wildman–Crippen LogP) is 3.45. The van der Waals surface area contributed by atoms with Crippen molar-refractivity contribution in [2.45, 2.75) is 25.5 Å². The van der Waals surface area contributed by atoms with Gasteiger partial charge in [0.2, 0.25) is 0 Å². The molecule has 21 heavy (non-hydrogen) atoms. The van der Waals surface area contributed by atoms with E-state index in [0.717, 1.165) is 21.3 Å². The number of hydrogen-bond donors (Lipinski definition) is 2. The first-order valence-electron chi connectivity index (χ1n) is 6.97. The van der Waals surface area contributed by atoms with Gasteiger partial charge in [0, 0.05) is 17.1 Å². The van der Waals surface area contributed by atoms with Crippen molar-refractivity contribution in [1.82, 2.24) is 0 Å². The van der Waals surface area contributed by atoms with Crippen LogP contribution in [0.4, 0.5) is 0 Å². The van der Waals surface area contributed by atoms with Gasteiger partial charge in [0.25, 0.3) is 0 Å². The summed E-state index contributed by atoms with van der Waals surface area (Å²) < 4.78 is 7.06. The van der Waals surface area contributed by atoms with Crippen LogP contribution in [0.2, 0.25) is 0 Å². The van der Waals surface area contributed by atoms with Crippen LogP contribution in [-0.4, -0.2) is 17.8 Å². The number of rotatable bonds is 6. The van der Waals surface area contributed by atoms with Crippen LogP contribution in [0.5, 0.6) is 5.75 Å². The number of halogens is 1. The standard InChI is InChI=1S/C17H20BrNO2/c1-12(19)17(14-4-6-15(18)7-5-14)21-16-8-2-13(3-9-16)10-11-20/h2-9,12,17,20H,10-11,19H2,1H3. The summed E-state index contributed by atoms with van der Waals surface area (Å²) in [5.74, 6) is 0.780. The summed E-state index contributed by atoms with van der Waals surface area (Å²) in [5, 5.41) is 8.93. The molecule has 0 aliphatic rings. The lowest BCUT2D eigenvalue weighted by Gasteiger charge is -2.23. The minimum atomic E-state index is -0.193. The van der Waals surface area contributed by atoms with Gasteiger partial charge in [-0.2, -0.15) is 0 Å². The lowest BCUT2D eigenvalue weighted by Crippen LogP contribution is -2.29. The smallest absolute Gasteiger partial charge is 0.138 e. The van der Waals surface area contributed by atoms with Gasteiger partial charge in [-0.1, -0.05) is 40.2 Å². The van der Waals surface area contributed by atoms with E-state index in [4.69, 9.17) is 15.6 Å². The maximum absolute atomic E-state index is 8.93. The first kappa shape index (κ1) is 16.0. The van der Waals surface area contributed by atoms with Crippen molar-refractivity contribution in [3.63, 3.8) is 0 Å². The molecule has 2 aromatic carbocycles. The van der Waals surface area contributed by atoms with E-state index in [-0.39, 0.29) is 18.8 Å². The quantitative estimate of drug-likeness (QED) is 0.839. The number of hydrogen-bond acceptors (Lipinski definition) is 3. The fraction of sp³-hybridized carbons (Fsp3) is 0.294. The molecule has 0 radical (unpaired) electrons. The monoisotopic (exact) mass is 349 g/mol. The molecule has 0 fully saturated rings. The van der Waals surface area contributed by atoms with Gasteiger partial charge < -0.3 is 15.6 Å². The molecular formula is C17H20BrNO2. The summed E-state index contributed by atoms with van der Waals surface area (Å²) in [4.78, 5) is 0. The van der Waals surface area contributed by atoms with E-state index in [0.29, 0.717) is 6.42 Å². The van der Waals surface area contributed by atoms with Crippen molar-refractivity contribution in [2.75, 3.05) is 6.61 Å². The summed E-state index contributed by atoms with van der Waals surface area (Å²) in [6, 6.07) is 15.6. The fourth-order valence-corrected chi connectivity index (χ4v) is 2.41. The average molecular weight is 350 g/mol. The van der Waals surface area contributed by atoms with Crippen LogP contribution in [0.1, 0.15) is 24.2 Å². The normalized spacial score (nSPS) is 13.7. The molecule has 0 aliphatic heterocycles. The second kappa shape index (κ2) is 7.59. The largest absolute Gasteiger partial charge is 0.484 e. The van der Waals surface area contributed by atoms with Crippen molar-refractivity contribution < 1.29 is 9.84 Å². The zero-order valence-corrected chi connectivity index (χ0v) is 13.6. The summed E-state index contributed by atoms with van der Waals surface area (Å²) in [6.45, 7) is 2.09. The van der Waals surface area contributed by atoms with Crippen LogP contribution in [-0.2, 0) is 6.42 Å². The van der Waals surface area contributed by atoms with Crippen molar-refractivity contribution >= 4 is 15.9 Å². The van der Waals surface area contributed by atoms with Gasteiger partial charge in [-0.15, -0.1) is 0 Å². The van der Waals surface area contributed by atoms with Gasteiger partial charge in [0.15, 0.2) is 0 Å².